The number of fused-ring (bicyclic) bond motifs is 1. The molecule has 0 atom stereocenters. The first-order valence-electron chi connectivity index (χ1n) is 7.26. The SMILES string of the molecule is Cc1cccc(CC(=O)Cc2cccc3ccccc23)c1. The molecule has 0 aliphatic heterocycles. The van der Waals surface area contributed by atoms with Crippen LogP contribution in [0.5, 0.6) is 0 Å². The third-order valence-electron chi connectivity index (χ3n) is 3.75. The Kier molecular flexibility index (Phi) is 3.83. The quantitative estimate of drug-likeness (QED) is 0.684. The van der Waals surface area contributed by atoms with Crippen LogP contribution in [0.15, 0.2) is 66.7 Å². The van der Waals surface area contributed by atoms with Crippen LogP contribution in [0.3, 0.4) is 0 Å². The first-order valence-corrected chi connectivity index (χ1v) is 7.26. The number of hydrogen-bond donors (Lipinski definition) is 0. The maximum atomic E-state index is 12.3. The van der Waals surface area contributed by atoms with Gasteiger partial charge < -0.3 is 0 Å². The minimum absolute atomic E-state index is 0.261. The lowest BCUT2D eigenvalue weighted by Gasteiger charge is -2.06. The number of aryl methyl sites for hydroxylation is 1. The van der Waals surface area contributed by atoms with Gasteiger partial charge in [-0.2, -0.15) is 0 Å². The predicted molar refractivity (Wildman–Crippen MR) is 87.5 cm³/mol. The maximum Gasteiger partial charge on any atom is 0.141 e. The number of ketones is 1. The van der Waals surface area contributed by atoms with Crippen LogP contribution in [-0.4, -0.2) is 5.78 Å². The van der Waals surface area contributed by atoms with Crippen molar-refractivity contribution in [3.05, 3.63) is 83.4 Å². The monoisotopic (exact) mass is 274 g/mol. The van der Waals surface area contributed by atoms with Gasteiger partial charge in [0, 0.05) is 12.8 Å². The van der Waals surface area contributed by atoms with Gasteiger partial charge in [0.2, 0.25) is 0 Å². The van der Waals surface area contributed by atoms with Gasteiger partial charge in [-0.25, -0.2) is 0 Å². The Labute approximate surface area is 125 Å². The lowest BCUT2D eigenvalue weighted by atomic mass is 9.97. The molecule has 0 spiro atoms. The second-order valence-electron chi connectivity index (χ2n) is 5.52. The number of Topliss-reactive ketones (excluding diaryl/α,β-unsaturated/α-hetero) is 1. The van der Waals surface area contributed by atoms with Crippen molar-refractivity contribution < 1.29 is 4.79 Å². The smallest absolute Gasteiger partial charge is 0.141 e. The standard InChI is InChI=1S/C20H18O/c1-15-6-4-7-16(12-15)13-19(21)14-18-10-5-9-17-8-2-3-11-20(17)18/h2-12H,13-14H2,1H3. The molecule has 104 valence electrons. The van der Waals surface area contributed by atoms with E-state index in [-0.39, 0.29) is 5.78 Å². The molecular weight excluding hydrogens is 256 g/mol. The van der Waals surface area contributed by atoms with E-state index in [1.54, 1.807) is 0 Å². The molecule has 0 N–H and O–H groups in total. The van der Waals surface area contributed by atoms with Gasteiger partial charge in [0.25, 0.3) is 0 Å². The van der Waals surface area contributed by atoms with Crippen molar-refractivity contribution in [3.8, 4) is 0 Å². The summed E-state index contributed by atoms with van der Waals surface area (Å²) in [5.41, 5.74) is 3.41. The van der Waals surface area contributed by atoms with E-state index in [1.165, 1.54) is 16.3 Å². The molecule has 0 radical (unpaired) electrons. The molecule has 0 fully saturated rings. The second kappa shape index (κ2) is 5.92. The summed E-state index contributed by atoms with van der Waals surface area (Å²) in [6.45, 7) is 2.05. The molecule has 3 rings (SSSR count). The Morgan fingerprint density at radius 3 is 2.48 bits per heavy atom. The van der Waals surface area contributed by atoms with Gasteiger partial charge in [0.05, 0.1) is 0 Å². The van der Waals surface area contributed by atoms with Crippen LogP contribution in [-0.2, 0) is 17.6 Å². The largest absolute Gasteiger partial charge is 0.299 e. The first kappa shape index (κ1) is 13.6. The van der Waals surface area contributed by atoms with Crippen LogP contribution in [0.4, 0.5) is 0 Å². The molecule has 21 heavy (non-hydrogen) atoms. The normalized spacial score (nSPS) is 10.7. The molecule has 0 amide bonds. The maximum absolute atomic E-state index is 12.3. The highest BCUT2D eigenvalue weighted by Gasteiger charge is 2.08. The summed E-state index contributed by atoms with van der Waals surface area (Å²) >= 11 is 0. The molecule has 0 saturated heterocycles. The van der Waals surface area contributed by atoms with E-state index in [0.29, 0.717) is 12.8 Å². The Morgan fingerprint density at radius 2 is 1.62 bits per heavy atom. The highest BCUT2D eigenvalue weighted by molar-refractivity contribution is 5.91. The molecule has 0 aromatic heterocycles. The zero-order valence-electron chi connectivity index (χ0n) is 12.2. The van der Waals surface area contributed by atoms with E-state index in [0.717, 1.165) is 11.1 Å². The molecular formula is C20H18O. The van der Waals surface area contributed by atoms with Gasteiger partial charge in [-0.15, -0.1) is 0 Å². The van der Waals surface area contributed by atoms with Crippen molar-refractivity contribution in [1.29, 1.82) is 0 Å². The minimum Gasteiger partial charge on any atom is -0.299 e. The topological polar surface area (TPSA) is 17.1 Å². The van der Waals surface area contributed by atoms with Crippen molar-refractivity contribution >= 4 is 16.6 Å². The summed E-state index contributed by atoms with van der Waals surface area (Å²) in [7, 11) is 0. The number of hydrogen-bond acceptors (Lipinski definition) is 1. The van der Waals surface area contributed by atoms with E-state index in [2.05, 4.69) is 43.3 Å². The Balaban J connectivity index is 1.80. The van der Waals surface area contributed by atoms with E-state index >= 15 is 0 Å². The van der Waals surface area contributed by atoms with Crippen molar-refractivity contribution in [2.75, 3.05) is 0 Å². The van der Waals surface area contributed by atoms with Crippen LogP contribution in [0.1, 0.15) is 16.7 Å². The van der Waals surface area contributed by atoms with Crippen LogP contribution >= 0.6 is 0 Å². The highest BCUT2D eigenvalue weighted by atomic mass is 16.1. The van der Waals surface area contributed by atoms with Crippen LogP contribution in [0.2, 0.25) is 0 Å². The van der Waals surface area contributed by atoms with E-state index < -0.39 is 0 Å². The zero-order chi connectivity index (χ0) is 14.7. The number of rotatable bonds is 4. The number of carbonyl (C=O) groups excluding carboxylic acids is 1. The van der Waals surface area contributed by atoms with E-state index in [4.69, 9.17) is 0 Å². The van der Waals surface area contributed by atoms with Gasteiger partial charge in [-0.1, -0.05) is 72.3 Å². The van der Waals surface area contributed by atoms with Gasteiger partial charge in [0.1, 0.15) is 5.78 Å². The van der Waals surface area contributed by atoms with Gasteiger partial charge in [-0.3, -0.25) is 4.79 Å². The van der Waals surface area contributed by atoms with E-state index in [1.807, 2.05) is 30.3 Å². The van der Waals surface area contributed by atoms with Crippen molar-refractivity contribution in [2.24, 2.45) is 0 Å². The summed E-state index contributed by atoms with van der Waals surface area (Å²) in [6.07, 6.45) is 1.00. The minimum atomic E-state index is 0.261. The van der Waals surface area contributed by atoms with Crippen molar-refractivity contribution in [2.45, 2.75) is 19.8 Å². The Hall–Kier alpha value is -2.41. The predicted octanol–water partition coefficient (Wildman–Crippen LogP) is 4.50. The average molecular weight is 274 g/mol. The Morgan fingerprint density at radius 1 is 0.857 bits per heavy atom. The number of benzene rings is 3. The molecule has 0 aliphatic carbocycles. The summed E-state index contributed by atoms with van der Waals surface area (Å²) in [5, 5.41) is 2.37. The van der Waals surface area contributed by atoms with Gasteiger partial charge in [0.15, 0.2) is 0 Å². The van der Waals surface area contributed by atoms with Gasteiger partial charge >= 0.3 is 0 Å². The number of carbonyl (C=O) groups is 1. The molecule has 0 unspecified atom stereocenters. The average Bonchev–Trinajstić information content (AvgIpc) is 2.47. The fourth-order valence-electron chi connectivity index (χ4n) is 2.77. The Bertz CT molecular complexity index is 781. The fraction of sp³-hybridized carbons (Fsp3) is 0.150. The lowest BCUT2D eigenvalue weighted by Crippen LogP contribution is -2.07. The highest BCUT2D eigenvalue weighted by Crippen LogP contribution is 2.19. The third kappa shape index (κ3) is 3.19. The third-order valence-corrected chi connectivity index (χ3v) is 3.75. The lowest BCUT2D eigenvalue weighted by molar-refractivity contribution is -0.117. The first-order chi connectivity index (χ1) is 10.2. The summed E-state index contributed by atoms with van der Waals surface area (Å²) < 4.78 is 0. The van der Waals surface area contributed by atoms with Crippen LogP contribution in [0.25, 0.3) is 10.8 Å². The van der Waals surface area contributed by atoms with Gasteiger partial charge in [-0.05, 0) is 28.8 Å². The molecule has 1 nitrogen and oxygen atoms in total. The molecule has 1 heteroatoms. The molecule has 0 aliphatic rings. The molecule has 0 heterocycles. The molecule has 0 saturated carbocycles. The zero-order valence-corrected chi connectivity index (χ0v) is 12.2. The fourth-order valence-corrected chi connectivity index (χ4v) is 2.77. The van der Waals surface area contributed by atoms with Crippen molar-refractivity contribution in [3.63, 3.8) is 0 Å². The molecule has 3 aromatic carbocycles. The molecule has 3 aromatic rings. The van der Waals surface area contributed by atoms with Crippen LogP contribution < -0.4 is 0 Å². The van der Waals surface area contributed by atoms with Crippen molar-refractivity contribution in [1.82, 2.24) is 0 Å². The summed E-state index contributed by atoms with van der Waals surface area (Å²) in [6, 6.07) is 22.6. The molecule has 0 bridgehead atoms. The summed E-state index contributed by atoms with van der Waals surface area (Å²) in [4.78, 5) is 12.3. The second-order valence-corrected chi connectivity index (χ2v) is 5.52. The van der Waals surface area contributed by atoms with Crippen LogP contribution in [0, 0.1) is 6.92 Å². The summed E-state index contributed by atoms with van der Waals surface area (Å²) in [5.74, 6) is 0.261. The van der Waals surface area contributed by atoms with E-state index in [9.17, 15) is 4.79 Å².